The summed E-state index contributed by atoms with van der Waals surface area (Å²) >= 11 is 0. The number of hydrogen-bond acceptors (Lipinski definition) is 3. The van der Waals surface area contributed by atoms with Crippen LogP contribution in [0, 0.1) is 5.92 Å². The minimum atomic E-state index is -0.334. The summed E-state index contributed by atoms with van der Waals surface area (Å²) in [5.74, 6) is 0.245. The molecule has 1 aliphatic rings. The lowest BCUT2D eigenvalue weighted by atomic mass is 10.1. The molecule has 1 N–H and O–H groups in total. The molecule has 0 spiro atoms. The van der Waals surface area contributed by atoms with Crippen LogP contribution in [0.15, 0.2) is 30.3 Å². The van der Waals surface area contributed by atoms with Crippen LogP contribution in [0.5, 0.6) is 0 Å². The molecule has 3 nitrogen and oxygen atoms in total. The van der Waals surface area contributed by atoms with Crippen molar-refractivity contribution in [1.29, 1.82) is 0 Å². The van der Waals surface area contributed by atoms with Gasteiger partial charge in [-0.1, -0.05) is 37.3 Å². The Morgan fingerprint density at radius 1 is 1.33 bits per heavy atom. The molecule has 0 amide bonds. The van der Waals surface area contributed by atoms with Crippen molar-refractivity contribution in [1.82, 2.24) is 0 Å². The van der Waals surface area contributed by atoms with Crippen molar-refractivity contribution in [2.45, 2.75) is 19.3 Å². The molecule has 1 saturated heterocycles. The van der Waals surface area contributed by atoms with Gasteiger partial charge in [0.1, 0.15) is 0 Å². The van der Waals surface area contributed by atoms with Crippen molar-refractivity contribution < 1.29 is 14.6 Å². The SMILES string of the molecule is CC1CO[C@@H](c2ccccc2)O[C@H]1CO. The third-order valence-corrected chi connectivity index (χ3v) is 2.70. The molecule has 1 aliphatic heterocycles. The zero-order valence-corrected chi connectivity index (χ0v) is 8.80. The lowest BCUT2D eigenvalue weighted by molar-refractivity contribution is -0.245. The van der Waals surface area contributed by atoms with Crippen molar-refractivity contribution >= 4 is 0 Å². The monoisotopic (exact) mass is 208 g/mol. The van der Waals surface area contributed by atoms with Crippen LogP contribution in [0.3, 0.4) is 0 Å². The molecular weight excluding hydrogens is 192 g/mol. The highest BCUT2D eigenvalue weighted by atomic mass is 16.7. The van der Waals surface area contributed by atoms with Crippen LogP contribution in [0.25, 0.3) is 0 Å². The third kappa shape index (κ3) is 2.37. The fraction of sp³-hybridized carbons (Fsp3) is 0.500. The quantitative estimate of drug-likeness (QED) is 0.804. The van der Waals surface area contributed by atoms with E-state index in [0.717, 1.165) is 5.56 Å². The predicted molar refractivity (Wildman–Crippen MR) is 56.3 cm³/mol. The fourth-order valence-electron chi connectivity index (χ4n) is 1.69. The molecule has 3 atom stereocenters. The highest BCUT2D eigenvalue weighted by molar-refractivity contribution is 5.16. The molecule has 2 rings (SSSR count). The summed E-state index contributed by atoms with van der Waals surface area (Å²) in [7, 11) is 0. The second-order valence-electron chi connectivity index (χ2n) is 3.91. The minimum absolute atomic E-state index is 0.0495. The van der Waals surface area contributed by atoms with E-state index in [2.05, 4.69) is 0 Å². The van der Waals surface area contributed by atoms with E-state index in [1.807, 2.05) is 37.3 Å². The molecule has 1 fully saturated rings. The Labute approximate surface area is 89.6 Å². The molecule has 0 saturated carbocycles. The second kappa shape index (κ2) is 4.75. The Bertz CT molecular complexity index is 299. The molecule has 3 heteroatoms. The molecular formula is C12H16O3. The Balaban J connectivity index is 2.06. The fourth-order valence-corrected chi connectivity index (χ4v) is 1.69. The highest BCUT2D eigenvalue weighted by Crippen LogP contribution is 2.28. The number of rotatable bonds is 2. The minimum Gasteiger partial charge on any atom is -0.394 e. The van der Waals surface area contributed by atoms with E-state index < -0.39 is 0 Å². The zero-order chi connectivity index (χ0) is 10.7. The van der Waals surface area contributed by atoms with Gasteiger partial charge < -0.3 is 14.6 Å². The molecule has 0 aliphatic carbocycles. The lowest BCUT2D eigenvalue weighted by Crippen LogP contribution is -2.36. The Kier molecular flexibility index (Phi) is 3.36. The average Bonchev–Trinajstić information content (AvgIpc) is 2.31. The Hall–Kier alpha value is -0.900. The van der Waals surface area contributed by atoms with E-state index in [-0.39, 0.29) is 24.9 Å². The molecule has 82 valence electrons. The summed E-state index contributed by atoms with van der Waals surface area (Å²) in [6.07, 6.45) is -0.455. The van der Waals surface area contributed by atoms with Crippen LogP contribution >= 0.6 is 0 Å². The van der Waals surface area contributed by atoms with Crippen LogP contribution < -0.4 is 0 Å². The van der Waals surface area contributed by atoms with Crippen LogP contribution in [0.4, 0.5) is 0 Å². The van der Waals surface area contributed by atoms with Gasteiger partial charge in [-0.15, -0.1) is 0 Å². The molecule has 1 aromatic carbocycles. The molecule has 0 aromatic heterocycles. The largest absolute Gasteiger partial charge is 0.394 e. The third-order valence-electron chi connectivity index (χ3n) is 2.70. The highest BCUT2D eigenvalue weighted by Gasteiger charge is 2.29. The molecule has 1 aromatic rings. The molecule has 0 radical (unpaired) electrons. The summed E-state index contributed by atoms with van der Waals surface area (Å²) in [6.45, 7) is 2.70. The van der Waals surface area contributed by atoms with Crippen molar-refractivity contribution in [3.63, 3.8) is 0 Å². The predicted octanol–water partition coefficient (Wildman–Crippen LogP) is 1.73. The first-order valence-electron chi connectivity index (χ1n) is 5.24. The molecule has 0 bridgehead atoms. The van der Waals surface area contributed by atoms with E-state index in [9.17, 15) is 0 Å². The Morgan fingerprint density at radius 2 is 2.07 bits per heavy atom. The van der Waals surface area contributed by atoms with Gasteiger partial charge in [-0.3, -0.25) is 0 Å². The maximum absolute atomic E-state index is 9.15. The van der Waals surface area contributed by atoms with Crippen LogP contribution in [0.2, 0.25) is 0 Å². The van der Waals surface area contributed by atoms with E-state index in [1.54, 1.807) is 0 Å². The van der Waals surface area contributed by atoms with Gasteiger partial charge in [0.2, 0.25) is 0 Å². The van der Waals surface area contributed by atoms with E-state index >= 15 is 0 Å². The van der Waals surface area contributed by atoms with E-state index in [4.69, 9.17) is 14.6 Å². The van der Waals surface area contributed by atoms with Crippen LogP contribution in [-0.2, 0) is 9.47 Å². The first-order chi connectivity index (χ1) is 7.31. The van der Waals surface area contributed by atoms with Gasteiger partial charge in [-0.25, -0.2) is 0 Å². The maximum atomic E-state index is 9.15. The van der Waals surface area contributed by atoms with Gasteiger partial charge in [0.15, 0.2) is 6.29 Å². The molecule has 1 unspecified atom stereocenters. The average molecular weight is 208 g/mol. The maximum Gasteiger partial charge on any atom is 0.184 e. The smallest absolute Gasteiger partial charge is 0.184 e. The molecule has 1 heterocycles. The summed E-state index contributed by atoms with van der Waals surface area (Å²) < 4.78 is 11.2. The first kappa shape index (κ1) is 10.6. The number of benzene rings is 1. The summed E-state index contributed by atoms with van der Waals surface area (Å²) in [4.78, 5) is 0. The summed E-state index contributed by atoms with van der Waals surface area (Å²) in [6, 6.07) is 9.80. The van der Waals surface area contributed by atoms with E-state index in [1.165, 1.54) is 0 Å². The number of hydrogen-bond donors (Lipinski definition) is 1. The number of aliphatic hydroxyl groups is 1. The van der Waals surface area contributed by atoms with Crippen molar-refractivity contribution in [3.8, 4) is 0 Å². The normalized spacial score (nSPS) is 31.5. The van der Waals surface area contributed by atoms with Crippen molar-refractivity contribution in [3.05, 3.63) is 35.9 Å². The van der Waals surface area contributed by atoms with Gasteiger partial charge in [-0.2, -0.15) is 0 Å². The van der Waals surface area contributed by atoms with Gasteiger partial charge in [-0.05, 0) is 0 Å². The molecule has 15 heavy (non-hydrogen) atoms. The van der Waals surface area contributed by atoms with Crippen molar-refractivity contribution in [2.75, 3.05) is 13.2 Å². The second-order valence-corrected chi connectivity index (χ2v) is 3.91. The lowest BCUT2D eigenvalue weighted by Gasteiger charge is -2.34. The van der Waals surface area contributed by atoms with Crippen molar-refractivity contribution in [2.24, 2.45) is 5.92 Å². The summed E-state index contributed by atoms with van der Waals surface area (Å²) in [5, 5.41) is 9.15. The Morgan fingerprint density at radius 3 is 2.73 bits per heavy atom. The summed E-state index contributed by atoms with van der Waals surface area (Å²) in [5.41, 5.74) is 1.00. The number of ether oxygens (including phenoxy) is 2. The zero-order valence-electron chi connectivity index (χ0n) is 8.80. The van der Waals surface area contributed by atoms with Gasteiger partial charge in [0, 0.05) is 11.5 Å². The van der Waals surface area contributed by atoms with Gasteiger partial charge in [0.05, 0.1) is 19.3 Å². The van der Waals surface area contributed by atoms with Crippen LogP contribution in [-0.4, -0.2) is 24.4 Å². The van der Waals surface area contributed by atoms with Crippen LogP contribution in [0.1, 0.15) is 18.8 Å². The topological polar surface area (TPSA) is 38.7 Å². The first-order valence-corrected chi connectivity index (χ1v) is 5.24. The van der Waals surface area contributed by atoms with Gasteiger partial charge >= 0.3 is 0 Å². The number of aliphatic hydroxyl groups excluding tert-OH is 1. The standard InChI is InChI=1S/C12H16O3/c1-9-8-14-12(15-11(9)7-13)10-5-3-2-4-6-10/h2-6,9,11-13H,7-8H2,1H3/t9?,11-,12+/m0/s1. The van der Waals surface area contributed by atoms with Gasteiger partial charge in [0.25, 0.3) is 0 Å². The van der Waals surface area contributed by atoms with E-state index in [0.29, 0.717) is 6.61 Å².